The topological polar surface area (TPSA) is 38.9 Å². The van der Waals surface area contributed by atoms with E-state index in [4.69, 9.17) is 5.73 Å². The summed E-state index contributed by atoms with van der Waals surface area (Å²) in [4.78, 5) is 4.22. The maximum Gasteiger partial charge on any atom is 0.0305 e. The molecule has 2 atom stereocenters. The van der Waals surface area contributed by atoms with E-state index in [-0.39, 0.29) is 0 Å². The standard InChI is InChI=1S/C12H18N2/c1-9-2-3-10-5-7-14-8-12(10)11(9)4-6-13/h5,7-9,11H,2-4,6,13H2,1H3. The van der Waals surface area contributed by atoms with Gasteiger partial charge in [-0.25, -0.2) is 0 Å². The molecule has 76 valence electrons. The highest BCUT2D eigenvalue weighted by Crippen LogP contribution is 2.37. The number of nitrogens with zero attached hydrogens (tertiary/aromatic N) is 1. The lowest BCUT2D eigenvalue weighted by Gasteiger charge is -2.30. The summed E-state index contributed by atoms with van der Waals surface area (Å²) in [6, 6.07) is 2.16. The second kappa shape index (κ2) is 4.09. The maximum atomic E-state index is 5.66. The van der Waals surface area contributed by atoms with Crippen LogP contribution in [-0.2, 0) is 6.42 Å². The van der Waals surface area contributed by atoms with E-state index in [0.29, 0.717) is 5.92 Å². The van der Waals surface area contributed by atoms with Crippen molar-refractivity contribution in [3.05, 3.63) is 29.6 Å². The lowest BCUT2D eigenvalue weighted by Crippen LogP contribution is -2.21. The van der Waals surface area contributed by atoms with Gasteiger partial charge in [-0.3, -0.25) is 4.98 Å². The molecule has 0 aromatic carbocycles. The van der Waals surface area contributed by atoms with Gasteiger partial charge in [0.25, 0.3) is 0 Å². The number of nitrogens with two attached hydrogens (primary N) is 1. The summed E-state index contributed by atoms with van der Waals surface area (Å²) in [5, 5.41) is 0. The molecule has 0 spiro atoms. The summed E-state index contributed by atoms with van der Waals surface area (Å²) in [6.45, 7) is 3.11. The fourth-order valence-electron chi connectivity index (χ4n) is 2.51. The summed E-state index contributed by atoms with van der Waals surface area (Å²) in [6.07, 6.45) is 7.53. The monoisotopic (exact) mass is 190 g/mol. The van der Waals surface area contributed by atoms with Crippen molar-refractivity contribution in [1.29, 1.82) is 0 Å². The van der Waals surface area contributed by atoms with E-state index >= 15 is 0 Å². The van der Waals surface area contributed by atoms with Gasteiger partial charge >= 0.3 is 0 Å². The van der Waals surface area contributed by atoms with Crippen LogP contribution in [0.1, 0.15) is 36.8 Å². The molecule has 0 fully saturated rings. The molecule has 1 aromatic rings. The lowest BCUT2D eigenvalue weighted by atomic mass is 9.75. The molecule has 14 heavy (non-hydrogen) atoms. The van der Waals surface area contributed by atoms with Crippen LogP contribution in [-0.4, -0.2) is 11.5 Å². The molecular formula is C12H18N2. The van der Waals surface area contributed by atoms with E-state index in [2.05, 4.69) is 18.0 Å². The third-order valence-corrected chi connectivity index (χ3v) is 3.38. The highest BCUT2D eigenvalue weighted by molar-refractivity contribution is 5.30. The highest BCUT2D eigenvalue weighted by atomic mass is 14.6. The molecule has 2 heteroatoms. The first-order valence-corrected chi connectivity index (χ1v) is 5.45. The number of aryl methyl sites for hydroxylation is 1. The summed E-state index contributed by atoms with van der Waals surface area (Å²) in [7, 11) is 0. The molecule has 0 bridgehead atoms. The molecular weight excluding hydrogens is 172 g/mol. The highest BCUT2D eigenvalue weighted by Gasteiger charge is 2.25. The Hall–Kier alpha value is -0.890. The lowest BCUT2D eigenvalue weighted by molar-refractivity contribution is 0.386. The maximum absolute atomic E-state index is 5.66. The average molecular weight is 190 g/mol. The van der Waals surface area contributed by atoms with E-state index in [0.717, 1.165) is 18.9 Å². The van der Waals surface area contributed by atoms with E-state index < -0.39 is 0 Å². The summed E-state index contributed by atoms with van der Waals surface area (Å²) in [5.41, 5.74) is 8.58. The quantitative estimate of drug-likeness (QED) is 0.775. The minimum Gasteiger partial charge on any atom is -0.330 e. The van der Waals surface area contributed by atoms with Gasteiger partial charge in [0.05, 0.1) is 0 Å². The van der Waals surface area contributed by atoms with Gasteiger partial charge in [0.15, 0.2) is 0 Å². The first-order chi connectivity index (χ1) is 6.83. The van der Waals surface area contributed by atoms with Crippen molar-refractivity contribution >= 4 is 0 Å². The van der Waals surface area contributed by atoms with Crippen molar-refractivity contribution in [2.24, 2.45) is 11.7 Å². The van der Waals surface area contributed by atoms with Crippen molar-refractivity contribution < 1.29 is 0 Å². The summed E-state index contributed by atoms with van der Waals surface area (Å²) >= 11 is 0. The molecule has 2 N–H and O–H groups in total. The van der Waals surface area contributed by atoms with Crippen molar-refractivity contribution in [2.75, 3.05) is 6.54 Å². The van der Waals surface area contributed by atoms with Gasteiger partial charge in [0.2, 0.25) is 0 Å². The zero-order valence-corrected chi connectivity index (χ0v) is 8.74. The van der Waals surface area contributed by atoms with Gasteiger partial charge < -0.3 is 5.73 Å². The van der Waals surface area contributed by atoms with Crippen LogP contribution in [0.5, 0.6) is 0 Å². The molecule has 2 nitrogen and oxygen atoms in total. The Labute approximate surface area is 85.5 Å². The Kier molecular flexibility index (Phi) is 2.82. The van der Waals surface area contributed by atoms with Crippen molar-refractivity contribution in [2.45, 2.75) is 32.1 Å². The molecule has 0 saturated heterocycles. The Balaban J connectivity index is 2.31. The Morgan fingerprint density at radius 1 is 1.57 bits per heavy atom. The van der Waals surface area contributed by atoms with Crippen LogP contribution in [0.2, 0.25) is 0 Å². The van der Waals surface area contributed by atoms with Crippen LogP contribution in [0.25, 0.3) is 0 Å². The van der Waals surface area contributed by atoms with Crippen molar-refractivity contribution in [3.8, 4) is 0 Å². The normalized spacial score (nSPS) is 25.9. The second-order valence-corrected chi connectivity index (χ2v) is 4.27. The zero-order chi connectivity index (χ0) is 9.97. The SMILES string of the molecule is CC1CCc2ccncc2C1CCN. The fourth-order valence-corrected chi connectivity index (χ4v) is 2.51. The number of hydrogen-bond donors (Lipinski definition) is 1. The van der Waals surface area contributed by atoms with Crippen LogP contribution in [0.3, 0.4) is 0 Å². The summed E-state index contributed by atoms with van der Waals surface area (Å²) in [5.74, 6) is 1.40. The molecule has 0 amide bonds. The Bertz CT molecular complexity index is 309. The predicted molar refractivity (Wildman–Crippen MR) is 58.1 cm³/mol. The first kappa shape index (κ1) is 9.66. The van der Waals surface area contributed by atoms with Gasteiger partial charge in [-0.2, -0.15) is 0 Å². The molecule has 2 rings (SSSR count). The van der Waals surface area contributed by atoms with E-state index in [1.165, 1.54) is 24.0 Å². The number of pyridine rings is 1. The van der Waals surface area contributed by atoms with E-state index in [9.17, 15) is 0 Å². The zero-order valence-electron chi connectivity index (χ0n) is 8.74. The Morgan fingerprint density at radius 3 is 3.21 bits per heavy atom. The van der Waals surface area contributed by atoms with Crippen LogP contribution in [0.4, 0.5) is 0 Å². The van der Waals surface area contributed by atoms with Crippen molar-refractivity contribution in [1.82, 2.24) is 4.98 Å². The molecule has 1 heterocycles. The van der Waals surface area contributed by atoms with Crippen LogP contribution >= 0.6 is 0 Å². The van der Waals surface area contributed by atoms with Crippen molar-refractivity contribution in [3.63, 3.8) is 0 Å². The van der Waals surface area contributed by atoms with Crippen LogP contribution in [0.15, 0.2) is 18.5 Å². The number of aromatic nitrogens is 1. The number of rotatable bonds is 2. The van der Waals surface area contributed by atoms with Crippen LogP contribution < -0.4 is 5.73 Å². The second-order valence-electron chi connectivity index (χ2n) is 4.27. The molecule has 0 aliphatic heterocycles. The molecule has 2 unspecified atom stereocenters. The van der Waals surface area contributed by atoms with Crippen LogP contribution in [0, 0.1) is 5.92 Å². The largest absolute Gasteiger partial charge is 0.330 e. The minimum atomic E-state index is 0.637. The van der Waals surface area contributed by atoms with Gasteiger partial charge in [-0.05, 0) is 54.8 Å². The smallest absolute Gasteiger partial charge is 0.0305 e. The predicted octanol–water partition coefficient (Wildman–Crippen LogP) is 2.10. The van der Waals surface area contributed by atoms with E-state index in [1.54, 1.807) is 0 Å². The Morgan fingerprint density at radius 2 is 2.43 bits per heavy atom. The van der Waals surface area contributed by atoms with E-state index in [1.807, 2.05) is 12.4 Å². The number of hydrogen-bond acceptors (Lipinski definition) is 2. The first-order valence-electron chi connectivity index (χ1n) is 5.45. The third-order valence-electron chi connectivity index (χ3n) is 3.38. The number of fused-ring (bicyclic) bond motifs is 1. The molecule has 1 aromatic heterocycles. The average Bonchev–Trinajstić information content (AvgIpc) is 2.23. The van der Waals surface area contributed by atoms with Gasteiger partial charge in [-0.15, -0.1) is 0 Å². The fraction of sp³-hybridized carbons (Fsp3) is 0.583. The third kappa shape index (κ3) is 1.67. The van der Waals surface area contributed by atoms with Gasteiger partial charge in [0, 0.05) is 12.4 Å². The minimum absolute atomic E-state index is 0.637. The molecule has 1 aliphatic carbocycles. The summed E-state index contributed by atoms with van der Waals surface area (Å²) < 4.78 is 0. The van der Waals surface area contributed by atoms with Gasteiger partial charge in [0.1, 0.15) is 0 Å². The molecule has 0 saturated carbocycles. The molecule has 1 aliphatic rings. The van der Waals surface area contributed by atoms with Gasteiger partial charge in [-0.1, -0.05) is 6.92 Å². The molecule has 0 radical (unpaired) electrons.